The number of nitriles is 1. The number of nitrogens with one attached hydrogen (secondary N) is 1. The van der Waals surface area contributed by atoms with E-state index in [1.807, 2.05) is 0 Å². The summed E-state index contributed by atoms with van der Waals surface area (Å²) < 4.78 is 38.5. The summed E-state index contributed by atoms with van der Waals surface area (Å²) in [5, 5.41) is 13.3. The van der Waals surface area contributed by atoms with Gasteiger partial charge in [-0.05, 0) is 62.7 Å². The number of nitrogens with zero attached hydrogens (tertiary/aromatic N) is 5. The highest BCUT2D eigenvalue weighted by molar-refractivity contribution is 8.18. The number of nitrogens with two attached hydrogens (primary N) is 1. The number of hydrogen-bond donors (Lipinski definition) is 2. The number of fused-ring (bicyclic) bond motifs is 1. The number of piperidine rings is 2. The van der Waals surface area contributed by atoms with Crippen molar-refractivity contribution in [1.29, 1.82) is 5.26 Å². The van der Waals surface area contributed by atoms with Crippen molar-refractivity contribution in [1.82, 2.24) is 15.1 Å². The molecule has 236 valence electrons. The molecular formula is C32H40F3N7OS. The van der Waals surface area contributed by atoms with Crippen LogP contribution in [0.1, 0.15) is 52.4 Å². The molecule has 5 rings (SSSR count). The predicted molar refractivity (Wildman–Crippen MR) is 168 cm³/mol. The topological polar surface area (TPSA) is 110 Å². The molecule has 0 aromatic rings. The van der Waals surface area contributed by atoms with Crippen LogP contribution in [0.2, 0.25) is 0 Å². The van der Waals surface area contributed by atoms with E-state index >= 15 is 0 Å². The van der Waals surface area contributed by atoms with E-state index in [9.17, 15) is 23.2 Å². The van der Waals surface area contributed by atoms with Crippen LogP contribution in [-0.2, 0) is 4.79 Å². The van der Waals surface area contributed by atoms with E-state index in [-0.39, 0.29) is 28.7 Å². The van der Waals surface area contributed by atoms with Crippen LogP contribution >= 0.6 is 11.8 Å². The third kappa shape index (κ3) is 7.85. The number of carbonyl (C=O) groups is 1. The van der Waals surface area contributed by atoms with E-state index in [4.69, 9.17) is 10.7 Å². The number of thioether (sulfide) groups is 1. The summed E-state index contributed by atoms with van der Waals surface area (Å²) in [5.74, 6) is 1.59. The highest BCUT2D eigenvalue weighted by Crippen LogP contribution is 2.42. The second-order valence-corrected chi connectivity index (χ2v) is 13.3. The van der Waals surface area contributed by atoms with Crippen molar-refractivity contribution in [2.24, 2.45) is 33.5 Å². The number of amidine groups is 1. The average Bonchev–Trinajstić information content (AvgIpc) is 3.54. The van der Waals surface area contributed by atoms with Crippen LogP contribution in [0.15, 0.2) is 67.9 Å². The van der Waals surface area contributed by atoms with Gasteiger partial charge >= 0.3 is 6.18 Å². The number of hydrogen-bond acceptors (Lipinski definition) is 7. The molecule has 4 aliphatic heterocycles. The first-order valence-corrected chi connectivity index (χ1v) is 16.1. The minimum absolute atomic E-state index is 0.112. The molecule has 1 aliphatic carbocycles. The lowest BCUT2D eigenvalue weighted by molar-refractivity contribution is -0.125. The molecule has 4 heterocycles. The average molecular weight is 628 g/mol. The van der Waals surface area contributed by atoms with Gasteiger partial charge in [-0.1, -0.05) is 30.3 Å². The van der Waals surface area contributed by atoms with Gasteiger partial charge in [-0.3, -0.25) is 14.7 Å². The number of aliphatic imine (C=N–C) groups is 2. The zero-order valence-electron chi connectivity index (χ0n) is 25.2. The minimum atomic E-state index is -4.28. The van der Waals surface area contributed by atoms with Crippen molar-refractivity contribution >= 4 is 28.5 Å². The fourth-order valence-corrected chi connectivity index (χ4v) is 7.66. The number of halogens is 3. The third-order valence-corrected chi connectivity index (χ3v) is 10.1. The Hall–Kier alpha value is -3.30. The van der Waals surface area contributed by atoms with Gasteiger partial charge in [0.05, 0.1) is 12.5 Å². The maximum absolute atomic E-state index is 12.8. The van der Waals surface area contributed by atoms with Gasteiger partial charge in [0.15, 0.2) is 0 Å². The zero-order chi connectivity index (χ0) is 31.4. The fraction of sp³-hybridized carbons (Fsp3) is 0.562. The van der Waals surface area contributed by atoms with E-state index in [1.165, 1.54) is 23.5 Å². The van der Waals surface area contributed by atoms with Crippen molar-refractivity contribution in [3.05, 3.63) is 57.9 Å². The lowest BCUT2D eigenvalue weighted by Crippen LogP contribution is -2.38. The molecule has 3 atom stereocenters. The van der Waals surface area contributed by atoms with Crippen LogP contribution in [0.4, 0.5) is 13.2 Å². The molecule has 3 unspecified atom stereocenters. The van der Waals surface area contributed by atoms with E-state index in [2.05, 4.69) is 51.3 Å². The van der Waals surface area contributed by atoms with E-state index < -0.39 is 12.6 Å². The van der Waals surface area contributed by atoms with Crippen molar-refractivity contribution in [3.63, 3.8) is 0 Å². The van der Waals surface area contributed by atoms with E-state index in [0.717, 1.165) is 69.3 Å². The van der Waals surface area contributed by atoms with Crippen molar-refractivity contribution in [3.8, 4) is 6.07 Å². The molecule has 0 bridgehead atoms. The lowest BCUT2D eigenvalue weighted by Gasteiger charge is -2.35. The smallest absolute Gasteiger partial charge is 0.393 e. The monoisotopic (exact) mass is 627 g/mol. The Morgan fingerprint density at radius 1 is 1.27 bits per heavy atom. The maximum atomic E-state index is 12.8. The molecule has 0 aromatic carbocycles. The molecule has 0 saturated carbocycles. The van der Waals surface area contributed by atoms with Gasteiger partial charge in [-0.2, -0.15) is 18.4 Å². The second kappa shape index (κ2) is 13.8. The number of carbonyl (C=O) groups excluding carboxylic acids is 1. The molecule has 0 spiro atoms. The molecule has 5 aliphatic rings. The van der Waals surface area contributed by atoms with Gasteiger partial charge in [0.25, 0.3) is 0 Å². The third-order valence-electron chi connectivity index (χ3n) is 9.06. The summed E-state index contributed by atoms with van der Waals surface area (Å²) >= 11 is 1.00. The van der Waals surface area contributed by atoms with Crippen molar-refractivity contribution in [2.45, 2.75) is 64.6 Å². The van der Waals surface area contributed by atoms with Crippen LogP contribution in [-0.4, -0.2) is 71.5 Å². The first-order valence-electron chi connectivity index (χ1n) is 15.3. The van der Waals surface area contributed by atoms with Gasteiger partial charge in [0, 0.05) is 67.4 Å². The summed E-state index contributed by atoms with van der Waals surface area (Å²) in [6, 6.07) is 2.52. The molecule has 2 fully saturated rings. The number of allylic oxidation sites excluding steroid dienone is 6. The lowest BCUT2D eigenvalue weighted by atomic mass is 9.81. The van der Waals surface area contributed by atoms with Crippen LogP contribution in [0, 0.1) is 29.1 Å². The fourth-order valence-electron chi connectivity index (χ4n) is 6.57. The Balaban J connectivity index is 1.14. The Labute approximate surface area is 261 Å². The van der Waals surface area contributed by atoms with E-state index in [1.54, 1.807) is 6.92 Å². The largest absolute Gasteiger partial charge is 0.404 e. The van der Waals surface area contributed by atoms with Crippen LogP contribution in [0.3, 0.4) is 0 Å². The SMILES string of the molecule is CC(=N/C1CCN(CC2=CC=C3C(C=C(C#N)N3CCC3CCC(=O)NC3)C2C)CC1)/N=C1/SC(CC(F)(F)F)=C/C1=C\N. The summed E-state index contributed by atoms with van der Waals surface area (Å²) in [6.07, 6.45) is 8.18. The number of amides is 1. The Bertz CT molecular complexity index is 1380. The summed E-state index contributed by atoms with van der Waals surface area (Å²) in [6.45, 7) is 8.19. The van der Waals surface area contributed by atoms with Gasteiger partial charge < -0.3 is 16.0 Å². The Kier molecular flexibility index (Phi) is 10.1. The molecule has 8 nitrogen and oxygen atoms in total. The molecule has 44 heavy (non-hydrogen) atoms. The second-order valence-electron chi connectivity index (χ2n) is 12.2. The maximum Gasteiger partial charge on any atom is 0.393 e. The standard InChI is InChI=1S/C32H40F3N7OS/c1-20-23(4-5-29-28(20)14-26(17-37)42(29)12-7-22-3-6-30(43)38-18-22)19-41-10-8-25(9-11-41)39-21(2)40-31-24(16-36)13-27(44-31)15-32(33,34)35/h4-5,13-14,16,20,22,25,28H,3,6-12,15,18-19,36H2,1-2H3,(H,38,43)/b24-16+,39-21-,40-31+. The Morgan fingerprint density at radius 3 is 2.70 bits per heavy atom. The van der Waals surface area contributed by atoms with Crippen LogP contribution < -0.4 is 11.1 Å². The van der Waals surface area contributed by atoms with Crippen molar-refractivity contribution in [2.75, 3.05) is 32.7 Å². The highest BCUT2D eigenvalue weighted by atomic mass is 32.2. The molecule has 12 heteroatoms. The molecule has 2 saturated heterocycles. The molecule has 0 radical (unpaired) electrons. The molecule has 3 N–H and O–H groups in total. The predicted octanol–water partition coefficient (Wildman–Crippen LogP) is 5.41. The first-order chi connectivity index (χ1) is 21.0. The first kappa shape index (κ1) is 32.1. The van der Waals surface area contributed by atoms with Crippen LogP contribution in [0.25, 0.3) is 0 Å². The highest BCUT2D eigenvalue weighted by Gasteiger charge is 2.37. The van der Waals surface area contributed by atoms with Gasteiger partial charge in [0.1, 0.15) is 22.6 Å². The van der Waals surface area contributed by atoms with Gasteiger partial charge in [-0.15, -0.1) is 0 Å². The van der Waals surface area contributed by atoms with Gasteiger partial charge in [-0.25, -0.2) is 4.99 Å². The normalized spacial score (nSPS) is 28.8. The molecular weight excluding hydrogens is 587 g/mol. The number of alkyl halides is 3. The summed E-state index contributed by atoms with van der Waals surface area (Å²) in [5.41, 5.74) is 9.40. The Morgan fingerprint density at radius 2 is 2.05 bits per heavy atom. The van der Waals surface area contributed by atoms with Crippen molar-refractivity contribution < 1.29 is 18.0 Å². The summed E-state index contributed by atoms with van der Waals surface area (Å²) in [4.78, 5) is 25.6. The minimum Gasteiger partial charge on any atom is -0.404 e. The number of likely N-dealkylation sites (tertiary alicyclic amines) is 1. The number of rotatable bonds is 7. The quantitative estimate of drug-likeness (QED) is 0.289. The summed E-state index contributed by atoms with van der Waals surface area (Å²) in [7, 11) is 0. The zero-order valence-corrected chi connectivity index (χ0v) is 26.1. The van der Waals surface area contributed by atoms with E-state index in [0.29, 0.717) is 35.3 Å². The molecule has 1 amide bonds. The van der Waals surface area contributed by atoms with Crippen LogP contribution in [0.5, 0.6) is 0 Å². The molecule has 0 aromatic heterocycles. The van der Waals surface area contributed by atoms with Gasteiger partial charge in [0.2, 0.25) is 5.91 Å².